The fraction of sp³-hybridized carbons (Fsp3) is 0.273. The first-order valence-electron chi connectivity index (χ1n) is 4.77. The monoisotopic (exact) mass is 224 g/mol. The van der Waals surface area contributed by atoms with Crippen LogP contribution in [0, 0.1) is 5.82 Å². The molecule has 1 aliphatic heterocycles. The highest BCUT2D eigenvalue weighted by Crippen LogP contribution is 2.23. The van der Waals surface area contributed by atoms with Gasteiger partial charge in [-0.2, -0.15) is 0 Å². The number of rotatable bonds is 2. The summed E-state index contributed by atoms with van der Waals surface area (Å²) in [5.74, 6) is -2.08. The third-order valence-electron chi connectivity index (χ3n) is 2.41. The molecule has 1 aromatic carbocycles. The van der Waals surface area contributed by atoms with E-state index in [9.17, 15) is 14.0 Å². The minimum atomic E-state index is -1.04. The molecule has 0 amide bonds. The fourth-order valence-electron chi connectivity index (χ4n) is 1.74. The Morgan fingerprint density at radius 1 is 1.56 bits per heavy atom. The molecule has 0 radical (unpaired) electrons. The molecule has 4 nitrogen and oxygen atoms in total. The fourth-order valence-corrected chi connectivity index (χ4v) is 1.74. The molecule has 1 aromatic rings. The Bertz CT molecular complexity index is 455. The molecule has 5 heteroatoms. The van der Waals surface area contributed by atoms with E-state index in [0.29, 0.717) is 11.1 Å². The number of carboxylic acids is 1. The molecule has 1 N–H and O–H groups in total. The van der Waals surface area contributed by atoms with Crippen LogP contribution in [0.25, 0.3) is 0 Å². The van der Waals surface area contributed by atoms with Gasteiger partial charge in [0.05, 0.1) is 12.0 Å². The molecule has 0 aliphatic carbocycles. The van der Waals surface area contributed by atoms with Crippen LogP contribution in [0.4, 0.5) is 4.39 Å². The van der Waals surface area contributed by atoms with Crippen LogP contribution in [-0.2, 0) is 16.0 Å². The van der Waals surface area contributed by atoms with Gasteiger partial charge in [0.1, 0.15) is 11.9 Å². The molecular weight excluding hydrogens is 215 g/mol. The number of carboxylic acid groups (broad SMARTS) is 1. The van der Waals surface area contributed by atoms with Gasteiger partial charge in [-0.1, -0.05) is 0 Å². The molecule has 0 aromatic heterocycles. The lowest BCUT2D eigenvalue weighted by molar-refractivity contribution is -0.139. The van der Waals surface area contributed by atoms with E-state index in [0.717, 1.165) is 0 Å². The maximum atomic E-state index is 12.9. The Morgan fingerprint density at radius 3 is 3.00 bits per heavy atom. The summed E-state index contributed by atoms with van der Waals surface area (Å²) in [5, 5.41) is 8.59. The summed E-state index contributed by atoms with van der Waals surface area (Å²) < 4.78 is 17.9. The number of fused-ring (bicyclic) bond motifs is 1. The van der Waals surface area contributed by atoms with Gasteiger partial charge in [0.15, 0.2) is 0 Å². The van der Waals surface area contributed by atoms with Crippen LogP contribution in [0.5, 0.6) is 0 Å². The summed E-state index contributed by atoms with van der Waals surface area (Å²) >= 11 is 0. The first-order valence-corrected chi connectivity index (χ1v) is 4.77. The van der Waals surface area contributed by atoms with E-state index in [2.05, 4.69) is 0 Å². The zero-order valence-corrected chi connectivity index (χ0v) is 8.27. The van der Waals surface area contributed by atoms with E-state index < -0.39 is 23.9 Å². The van der Waals surface area contributed by atoms with Gasteiger partial charge >= 0.3 is 11.9 Å². The van der Waals surface area contributed by atoms with Crippen molar-refractivity contribution in [1.29, 1.82) is 0 Å². The van der Waals surface area contributed by atoms with Crippen molar-refractivity contribution in [3.8, 4) is 0 Å². The van der Waals surface area contributed by atoms with E-state index >= 15 is 0 Å². The molecule has 84 valence electrons. The molecule has 0 saturated carbocycles. The first-order chi connectivity index (χ1) is 7.56. The summed E-state index contributed by atoms with van der Waals surface area (Å²) in [6, 6.07) is 3.77. The molecule has 1 unspecified atom stereocenters. The van der Waals surface area contributed by atoms with Crippen LogP contribution in [0.2, 0.25) is 0 Å². The summed E-state index contributed by atoms with van der Waals surface area (Å²) in [4.78, 5) is 21.9. The highest BCUT2D eigenvalue weighted by atomic mass is 19.1. The minimum Gasteiger partial charge on any atom is -0.481 e. The van der Waals surface area contributed by atoms with E-state index in [1.807, 2.05) is 0 Å². The zero-order chi connectivity index (χ0) is 11.7. The van der Waals surface area contributed by atoms with E-state index in [1.165, 1.54) is 18.2 Å². The summed E-state index contributed by atoms with van der Waals surface area (Å²) in [6.45, 7) is 0. The standard InChI is InChI=1S/C11H9FO4/c12-7-1-2-9-6(3-7)4-8(5-10(13)14)16-11(9)15/h1-3,8H,4-5H2,(H,13,14). The van der Waals surface area contributed by atoms with Gasteiger partial charge in [0.25, 0.3) is 0 Å². The average Bonchev–Trinajstić information content (AvgIpc) is 2.15. The molecule has 2 rings (SSSR count). The summed E-state index contributed by atoms with van der Waals surface area (Å²) in [5.41, 5.74) is 0.811. The number of hydrogen-bond donors (Lipinski definition) is 1. The number of benzene rings is 1. The largest absolute Gasteiger partial charge is 0.481 e. The molecule has 0 spiro atoms. The van der Waals surface area contributed by atoms with Crippen molar-refractivity contribution in [3.05, 3.63) is 35.1 Å². The van der Waals surface area contributed by atoms with Gasteiger partial charge in [0, 0.05) is 6.42 Å². The molecule has 1 atom stereocenters. The molecule has 0 fully saturated rings. The molecule has 0 saturated heterocycles. The minimum absolute atomic E-state index is 0.241. The highest BCUT2D eigenvalue weighted by molar-refractivity contribution is 5.92. The number of ether oxygens (including phenoxy) is 1. The first kappa shape index (κ1) is 10.6. The predicted molar refractivity (Wildman–Crippen MR) is 51.6 cm³/mol. The van der Waals surface area contributed by atoms with Gasteiger partial charge in [-0.25, -0.2) is 9.18 Å². The van der Waals surface area contributed by atoms with E-state index in [-0.39, 0.29) is 12.8 Å². The van der Waals surface area contributed by atoms with Crippen molar-refractivity contribution in [3.63, 3.8) is 0 Å². The lowest BCUT2D eigenvalue weighted by Crippen LogP contribution is -2.29. The molecule has 1 aliphatic rings. The topological polar surface area (TPSA) is 63.6 Å². The van der Waals surface area contributed by atoms with Crippen LogP contribution in [-0.4, -0.2) is 23.1 Å². The van der Waals surface area contributed by atoms with Crippen LogP contribution >= 0.6 is 0 Å². The second-order valence-corrected chi connectivity index (χ2v) is 3.63. The third-order valence-corrected chi connectivity index (χ3v) is 2.41. The normalized spacial score (nSPS) is 18.8. The van der Waals surface area contributed by atoms with Gasteiger partial charge in [-0.15, -0.1) is 0 Å². The highest BCUT2D eigenvalue weighted by Gasteiger charge is 2.28. The molecule has 16 heavy (non-hydrogen) atoms. The van der Waals surface area contributed by atoms with Gasteiger partial charge in [0.2, 0.25) is 0 Å². The number of cyclic esters (lactones) is 1. The number of carbonyl (C=O) groups is 2. The maximum Gasteiger partial charge on any atom is 0.338 e. The van der Waals surface area contributed by atoms with Crippen molar-refractivity contribution >= 4 is 11.9 Å². The van der Waals surface area contributed by atoms with Crippen molar-refractivity contribution in [2.24, 2.45) is 0 Å². The Labute approximate surface area is 90.6 Å². The van der Waals surface area contributed by atoms with Gasteiger partial charge in [-0.3, -0.25) is 4.79 Å². The Morgan fingerprint density at radius 2 is 2.31 bits per heavy atom. The summed E-state index contributed by atoms with van der Waals surface area (Å²) in [7, 11) is 0. The van der Waals surface area contributed by atoms with Crippen molar-refractivity contribution in [2.75, 3.05) is 0 Å². The number of hydrogen-bond acceptors (Lipinski definition) is 3. The van der Waals surface area contributed by atoms with E-state index in [4.69, 9.17) is 9.84 Å². The predicted octanol–water partition coefficient (Wildman–Crippen LogP) is 1.38. The zero-order valence-electron chi connectivity index (χ0n) is 8.27. The summed E-state index contributed by atoms with van der Waals surface area (Å²) in [6.07, 6.45) is -0.730. The number of esters is 1. The van der Waals surface area contributed by atoms with Crippen molar-refractivity contribution in [2.45, 2.75) is 18.9 Å². The van der Waals surface area contributed by atoms with Crippen LogP contribution in [0.15, 0.2) is 18.2 Å². The average molecular weight is 224 g/mol. The Hall–Kier alpha value is -1.91. The molecule has 0 bridgehead atoms. The van der Waals surface area contributed by atoms with Gasteiger partial charge in [-0.05, 0) is 23.8 Å². The quantitative estimate of drug-likeness (QED) is 0.771. The lowest BCUT2D eigenvalue weighted by Gasteiger charge is -2.23. The smallest absolute Gasteiger partial charge is 0.338 e. The Kier molecular flexibility index (Phi) is 2.60. The van der Waals surface area contributed by atoms with Crippen molar-refractivity contribution in [1.82, 2.24) is 0 Å². The lowest BCUT2D eigenvalue weighted by atomic mass is 9.97. The number of carbonyl (C=O) groups excluding carboxylic acids is 1. The van der Waals surface area contributed by atoms with Crippen LogP contribution in [0.1, 0.15) is 22.3 Å². The van der Waals surface area contributed by atoms with Crippen molar-refractivity contribution < 1.29 is 23.8 Å². The SMILES string of the molecule is O=C(O)CC1Cc2cc(F)ccc2C(=O)O1. The molecule has 1 heterocycles. The Balaban J connectivity index is 2.27. The number of halogens is 1. The second-order valence-electron chi connectivity index (χ2n) is 3.63. The van der Waals surface area contributed by atoms with Crippen LogP contribution < -0.4 is 0 Å². The van der Waals surface area contributed by atoms with Gasteiger partial charge < -0.3 is 9.84 Å². The third kappa shape index (κ3) is 2.03. The second kappa shape index (κ2) is 3.92. The number of aliphatic carboxylic acids is 1. The van der Waals surface area contributed by atoms with Crippen LogP contribution in [0.3, 0.4) is 0 Å². The maximum absolute atomic E-state index is 12.9. The van der Waals surface area contributed by atoms with E-state index in [1.54, 1.807) is 0 Å². The molecular formula is C11H9FO4.